The smallest absolute Gasteiger partial charge is 0.217 e. The van der Waals surface area contributed by atoms with Crippen LogP contribution in [0.5, 0.6) is 0 Å². The average molecular weight is 201 g/mol. The van der Waals surface area contributed by atoms with E-state index >= 15 is 0 Å². The number of nitrogens with one attached hydrogen (secondary N) is 1. The SMILES string of the molecule is C=C(Br)C(=O)c1ccn[nH]1. The Hall–Kier alpha value is -0.900. The summed E-state index contributed by atoms with van der Waals surface area (Å²) in [6.45, 7) is 3.43. The third kappa shape index (κ3) is 1.33. The maximum Gasteiger partial charge on any atom is 0.217 e. The maximum absolute atomic E-state index is 11.0. The van der Waals surface area contributed by atoms with Gasteiger partial charge in [0.25, 0.3) is 0 Å². The first-order valence-corrected chi connectivity index (χ1v) is 3.39. The van der Waals surface area contributed by atoms with Crippen LogP contribution in [0, 0.1) is 0 Å². The van der Waals surface area contributed by atoms with Crippen molar-refractivity contribution in [1.82, 2.24) is 10.2 Å². The molecule has 1 aromatic rings. The van der Waals surface area contributed by atoms with E-state index < -0.39 is 0 Å². The number of allylic oxidation sites excluding steroid dienone is 1. The largest absolute Gasteiger partial charge is 0.286 e. The van der Waals surface area contributed by atoms with Gasteiger partial charge in [0.15, 0.2) is 0 Å². The number of carbonyl (C=O) groups excluding carboxylic acids is 1. The highest BCUT2D eigenvalue weighted by molar-refractivity contribution is 9.12. The topological polar surface area (TPSA) is 45.8 Å². The Balaban J connectivity index is 2.88. The summed E-state index contributed by atoms with van der Waals surface area (Å²) in [7, 11) is 0. The average Bonchev–Trinajstić information content (AvgIpc) is 2.36. The third-order valence-electron chi connectivity index (χ3n) is 0.992. The van der Waals surface area contributed by atoms with Crippen molar-refractivity contribution in [2.24, 2.45) is 0 Å². The van der Waals surface area contributed by atoms with Crippen LogP contribution in [0.4, 0.5) is 0 Å². The summed E-state index contributed by atoms with van der Waals surface area (Å²) in [4.78, 5) is 11.0. The van der Waals surface area contributed by atoms with Crippen molar-refractivity contribution >= 4 is 21.7 Å². The minimum absolute atomic E-state index is 0.169. The zero-order chi connectivity index (χ0) is 7.56. The molecule has 0 saturated carbocycles. The van der Waals surface area contributed by atoms with Gasteiger partial charge in [-0.25, -0.2) is 0 Å². The standard InChI is InChI=1S/C6H5BrN2O/c1-4(7)6(10)5-2-3-8-9-5/h2-3H,1H2,(H,8,9). The fourth-order valence-corrected chi connectivity index (χ4v) is 0.742. The molecule has 4 heteroatoms. The Labute approximate surface area is 66.3 Å². The Bertz CT molecular complexity index is 253. The second-order valence-corrected chi connectivity index (χ2v) is 2.66. The normalized spacial score (nSPS) is 9.30. The first-order valence-electron chi connectivity index (χ1n) is 2.60. The van der Waals surface area contributed by atoms with Crippen LogP contribution < -0.4 is 0 Å². The van der Waals surface area contributed by atoms with E-state index in [4.69, 9.17) is 0 Å². The lowest BCUT2D eigenvalue weighted by Gasteiger charge is -1.89. The molecular formula is C6H5BrN2O. The van der Waals surface area contributed by atoms with Gasteiger partial charge in [-0.2, -0.15) is 5.10 Å². The van der Waals surface area contributed by atoms with Crippen LogP contribution >= 0.6 is 15.9 Å². The fourth-order valence-electron chi connectivity index (χ4n) is 0.528. The van der Waals surface area contributed by atoms with Crippen molar-refractivity contribution in [1.29, 1.82) is 0 Å². The van der Waals surface area contributed by atoms with Crippen molar-refractivity contribution in [3.8, 4) is 0 Å². The summed E-state index contributed by atoms with van der Waals surface area (Å²) in [5.41, 5.74) is 0.446. The number of rotatable bonds is 2. The number of aromatic amines is 1. The molecule has 1 heterocycles. The second-order valence-electron chi connectivity index (χ2n) is 1.70. The highest BCUT2D eigenvalue weighted by Gasteiger charge is 2.07. The minimum Gasteiger partial charge on any atom is -0.286 e. The monoisotopic (exact) mass is 200 g/mol. The highest BCUT2D eigenvalue weighted by atomic mass is 79.9. The van der Waals surface area contributed by atoms with Crippen LogP contribution in [0.2, 0.25) is 0 Å². The van der Waals surface area contributed by atoms with E-state index in [0.29, 0.717) is 10.2 Å². The number of hydrogen-bond acceptors (Lipinski definition) is 2. The van der Waals surface area contributed by atoms with E-state index in [1.54, 1.807) is 6.07 Å². The quantitative estimate of drug-likeness (QED) is 0.582. The van der Waals surface area contributed by atoms with Gasteiger partial charge in [-0.1, -0.05) is 6.58 Å². The number of aromatic nitrogens is 2. The number of carbonyl (C=O) groups is 1. The van der Waals surface area contributed by atoms with Crippen LogP contribution in [0.15, 0.2) is 23.3 Å². The molecule has 0 spiro atoms. The molecule has 0 fully saturated rings. The Kier molecular flexibility index (Phi) is 2.01. The molecule has 0 aliphatic heterocycles. The van der Waals surface area contributed by atoms with Crippen LogP contribution in [0.25, 0.3) is 0 Å². The molecule has 1 rings (SSSR count). The lowest BCUT2D eigenvalue weighted by Crippen LogP contribution is -1.97. The second kappa shape index (κ2) is 2.79. The fraction of sp³-hybridized carbons (Fsp3) is 0. The molecular weight excluding hydrogens is 196 g/mol. The van der Waals surface area contributed by atoms with Crippen molar-refractivity contribution in [2.75, 3.05) is 0 Å². The lowest BCUT2D eigenvalue weighted by atomic mass is 10.3. The molecule has 0 saturated heterocycles. The van der Waals surface area contributed by atoms with Crippen LogP contribution in [0.3, 0.4) is 0 Å². The molecule has 1 N–H and O–H groups in total. The van der Waals surface area contributed by atoms with Crippen LogP contribution in [0.1, 0.15) is 10.5 Å². The summed E-state index contributed by atoms with van der Waals surface area (Å²) in [5, 5.41) is 6.15. The summed E-state index contributed by atoms with van der Waals surface area (Å²) >= 11 is 2.97. The van der Waals surface area contributed by atoms with Gasteiger partial charge in [0.1, 0.15) is 5.69 Å². The molecule has 0 aliphatic rings. The molecule has 0 bridgehead atoms. The Morgan fingerprint density at radius 1 is 1.80 bits per heavy atom. The summed E-state index contributed by atoms with van der Waals surface area (Å²) in [6.07, 6.45) is 1.52. The highest BCUT2D eigenvalue weighted by Crippen LogP contribution is 2.08. The number of hydrogen-bond donors (Lipinski definition) is 1. The molecule has 0 unspecified atom stereocenters. The van der Waals surface area contributed by atoms with E-state index in [9.17, 15) is 4.79 Å². The molecule has 0 atom stereocenters. The molecule has 0 aliphatic carbocycles. The zero-order valence-electron chi connectivity index (χ0n) is 5.10. The molecule has 0 aromatic carbocycles. The van der Waals surface area contributed by atoms with Crippen molar-refractivity contribution in [2.45, 2.75) is 0 Å². The van der Waals surface area contributed by atoms with Crippen molar-refractivity contribution in [3.05, 3.63) is 29.0 Å². The van der Waals surface area contributed by atoms with Gasteiger partial charge < -0.3 is 0 Å². The Morgan fingerprint density at radius 2 is 2.50 bits per heavy atom. The molecule has 0 radical (unpaired) electrons. The van der Waals surface area contributed by atoms with E-state index in [1.807, 2.05) is 0 Å². The van der Waals surface area contributed by atoms with Crippen molar-refractivity contribution < 1.29 is 4.79 Å². The van der Waals surface area contributed by atoms with E-state index in [2.05, 4.69) is 32.7 Å². The number of H-pyrrole nitrogens is 1. The number of nitrogens with zero attached hydrogens (tertiary/aromatic N) is 1. The van der Waals surface area contributed by atoms with Gasteiger partial charge in [-0.15, -0.1) is 0 Å². The zero-order valence-corrected chi connectivity index (χ0v) is 6.68. The predicted octanol–water partition coefficient (Wildman–Crippen LogP) is 1.50. The molecule has 10 heavy (non-hydrogen) atoms. The number of ketones is 1. The van der Waals surface area contributed by atoms with Crippen LogP contribution in [-0.2, 0) is 0 Å². The maximum atomic E-state index is 11.0. The van der Waals surface area contributed by atoms with Gasteiger partial charge >= 0.3 is 0 Å². The molecule has 0 amide bonds. The van der Waals surface area contributed by atoms with Crippen LogP contribution in [-0.4, -0.2) is 16.0 Å². The summed E-state index contributed by atoms with van der Waals surface area (Å²) in [5.74, 6) is -0.169. The minimum atomic E-state index is -0.169. The van der Waals surface area contributed by atoms with Gasteiger partial charge in [-0.3, -0.25) is 9.89 Å². The van der Waals surface area contributed by atoms with Crippen molar-refractivity contribution in [3.63, 3.8) is 0 Å². The number of halogens is 1. The molecule has 1 aromatic heterocycles. The lowest BCUT2D eigenvalue weighted by molar-refractivity contribution is 0.103. The molecule has 3 nitrogen and oxygen atoms in total. The Morgan fingerprint density at radius 3 is 2.90 bits per heavy atom. The van der Waals surface area contributed by atoms with Gasteiger partial charge in [0.2, 0.25) is 5.78 Å². The van der Waals surface area contributed by atoms with E-state index in [1.165, 1.54) is 6.20 Å². The third-order valence-corrected chi connectivity index (χ3v) is 1.35. The number of Topliss-reactive ketones (excluding diaryl/α,β-unsaturated/α-hetero) is 1. The summed E-state index contributed by atoms with van der Waals surface area (Å²) < 4.78 is 0.330. The van der Waals surface area contributed by atoms with Gasteiger partial charge in [0, 0.05) is 6.20 Å². The van der Waals surface area contributed by atoms with E-state index in [0.717, 1.165) is 0 Å². The first kappa shape index (κ1) is 7.21. The summed E-state index contributed by atoms with van der Waals surface area (Å²) in [6, 6.07) is 1.59. The molecule has 52 valence electrons. The van der Waals surface area contributed by atoms with E-state index in [-0.39, 0.29) is 5.78 Å². The van der Waals surface area contributed by atoms with Gasteiger partial charge in [-0.05, 0) is 22.0 Å². The first-order chi connectivity index (χ1) is 4.72. The predicted molar refractivity (Wildman–Crippen MR) is 41.0 cm³/mol. The van der Waals surface area contributed by atoms with Gasteiger partial charge in [0.05, 0.1) is 4.48 Å².